The van der Waals surface area contributed by atoms with Crippen LogP contribution >= 0.6 is 0 Å². The van der Waals surface area contributed by atoms with Crippen molar-refractivity contribution in [3.05, 3.63) is 71.0 Å². The smallest absolute Gasteiger partial charge is 0.251 e. The molecule has 0 heterocycles. The SMILES string of the molecule is O=C(NCC1(NC2CC2)CCCC1)c1ccc(C#Cc2ccccc2F)cc1. The van der Waals surface area contributed by atoms with E-state index in [1.54, 1.807) is 42.5 Å². The van der Waals surface area contributed by atoms with Crippen LogP contribution in [-0.4, -0.2) is 24.0 Å². The van der Waals surface area contributed by atoms with E-state index in [2.05, 4.69) is 22.5 Å². The molecule has 2 aliphatic carbocycles. The lowest BCUT2D eigenvalue weighted by Crippen LogP contribution is -2.52. The van der Waals surface area contributed by atoms with E-state index in [1.807, 2.05) is 0 Å². The summed E-state index contributed by atoms with van der Waals surface area (Å²) in [6, 6.07) is 14.2. The highest BCUT2D eigenvalue weighted by Crippen LogP contribution is 2.33. The lowest BCUT2D eigenvalue weighted by Gasteiger charge is -2.31. The fraction of sp³-hybridized carbons (Fsp3) is 0.375. The van der Waals surface area contributed by atoms with E-state index in [9.17, 15) is 9.18 Å². The zero-order chi connectivity index (χ0) is 19.4. The number of halogens is 1. The van der Waals surface area contributed by atoms with Crippen LogP contribution in [0.5, 0.6) is 0 Å². The molecule has 0 atom stereocenters. The van der Waals surface area contributed by atoms with Crippen molar-refractivity contribution in [2.75, 3.05) is 6.54 Å². The number of hydrogen-bond donors (Lipinski definition) is 2. The van der Waals surface area contributed by atoms with Crippen LogP contribution < -0.4 is 10.6 Å². The van der Waals surface area contributed by atoms with Crippen LogP contribution in [0.4, 0.5) is 4.39 Å². The van der Waals surface area contributed by atoms with Gasteiger partial charge in [-0.25, -0.2) is 4.39 Å². The van der Waals surface area contributed by atoms with E-state index in [1.165, 1.54) is 31.7 Å². The van der Waals surface area contributed by atoms with Crippen LogP contribution in [0.25, 0.3) is 0 Å². The van der Waals surface area contributed by atoms with Gasteiger partial charge in [-0.15, -0.1) is 0 Å². The Morgan fingerprint density at radius 3 is 2.43 bits per heavy atom. The topological polar surface area (TPSA) is 41.1 Å². The molecule has 2 N–H and O–H groups in total. The third-order valence-corrected chi connectivity index (χ3v) is 5.60. The Morgan fingerprint density at radius 2 is 1.75 bits per heavy atom. The largest absolute Gasteiger partial charge is 0.350 e. The molecular weight excluding hydrogens is 351 g/mol. The van der Waals surface area contributed by atoms with Crippen molar-refractivity contribution in [1.82, 2.24) is 10.6 Å². The number of amides is 1. The molecule has 3 nitrogen and oxygen atoms in total. The van der Waals surface area contributed by atoms with Crippen LogP contribution in [0.3, 0.4) is 0 Å². The van der Waals surface area contributed by atoms with Crippen molar-refractivity contribution >= 4 is 5.91 Å². The van der Waals surface area contributed by atoms with E-state index in [0.29, 0.717) is 23.7 Å². The van der Waals surface area contributed by atoms with Gasteiger partial charge in [0.05, 0.1) is 5.56 Å². The Morgan fingerprint density at radius 1 is 1.04 bits per heavy atom. The van der Waals surface area contributed by atoms with Gasteiger partial charge in [0.1, 0.15) is 5.82 Å². The molecule has 0 unspecified atom stereocenters. The highest BCUT2D eigenvalue weighted by molar-refractivity contribution is 5.94. The minimum absolute atomic E-state index is 0.0579. The molecule has 0 saturated heterocycles. The molecule has 2 fully saturated rings. The maximum atomic E-state index is 13.6. The molecule has 0 aliphatic heterocycles. The number of hydrogen-bond acceptors (Lipinski definition) is 2. The van der Waals surface area contributed by atoms with Gasteiger partial charge in [-0.05, 0) is 62.1 Å². The third-order valence-electron chi connectivity index (χ3n) is 5.60. The molecule has 2 aliphatic rings. The van der Waals surface area contributed by atoms with Crippen molar-refractivity contribution in [2.24, 2.45) is 0 Å². The molecule has 2 saturated carbocycles. The van der Waals surface area contributed by atoms with Gasteiger partial charge in [0.2, 0.25) is 0 Å². The van der Waals surface area contributed by atoms with Crippen LogP contribution in [0.1, 0.15) is 60.0 Å². The summed E-state index contributed by atoms with van der Waals surface area (Å²) in [7, 11) is 0. The molecule has 0 aromatic heterocycles. The predicted molar refractivity (Wildman–Crippen MR) is 109 cm³/mol. The van der Waals surface area contributed by atoms with Gasteiger partial charge in [0.25, 0.3) is 5.91 Å². The Hall–Kier alpha value is -2.64. The first kappa shape index (κ1) is 18.7. The van der Waals surface area contributed by atoms with Crippen molar-refractivity contribution in [3.63, 3.8) is 0 Å². The minimum Gasteiger partial charge on any atom is -0.350 e. The summed E-state index contributed by atoms with van der Waals surface area (Å²) in [6.07, 6.45) is 7.23. The molecular formula is C24H25FN2O. The zero-order valence-corrected chi connectivity index (χ0v) is 15.9. The van der Waals surface area contributed by atoms with Gasteiger partial charge in [0, 0.05) is 29.3 Å². The quantitative estimate of drug-likeness (QED) is 0.774. The predicted octanol–water partition coefficient (Wildman–Crippen LogP) is 4.02. The van der Waals surface area contributed by atoms with E-state index < -0.39 is 0 Å². The first-order valence-electron chi connectivity index (χ1n) is 10.1. The van der Waals surface area contributed by atoms with Crippen LogP contribution in [0.2, 0.25) is 0 Å². The van der Waals surface area contributed by atoms with Gasteiger partial charge >= 0.3 is 0 Å². The molecule has 4 heteroatoms. The normalized spacial score (nSPS) is 17.6. The van der Waals surface area contributed by atoms with Crippen LogP contribution in [-0.2, 0) is 0 Å². The van der Waals surface area contributed by atoms with Crippen molar-refractivity contribution in [2.45, 2.75) is 50.1 Å². The van der Waals surface area contributed by atoms with Gasteiger partial charge in [-0.1, -0.05) is 36.8 Å². The standard InChI is InChI=1S/C24H25FN2O/c25-22-6-2-1-5-19(22)10-7-18-8-11-20(12-9-18)23(28)26-17-24(15-3-4-16-24)27-21-13-14-21/h1-2,5-6,8-9,11-12,21,27H,3-4,13-17H2,(H,26,28). The Balaban J connectivity index is 1.37. The summed E-state index contributed by atoms with van der Waals surface area (Å²) in [5.41, 5.74) is 1.81. The first-order chi connectivity index (χ1) is 13.6. The Labute approximate surface area is 165 Å². The first-order valence-corrected chi connectivity index (χ1v) is 10.1. The monoisotopic (exact) mass is 376 g/mol. The van der Waals surface area contributed by atoms with Crippen molar-refractivity contribution in [1.29, 1.82) is 0 Å². The second kappa shape index (κ2) is 8.16. The number of carbonyl (C=O) groups is 1. The minimum atomic E-state index is -0.327. The Bertz CT molecular complexity index is 900. The molecule has 144 valence electrons. The lowest BCUT2D eigenvalue weighted by molar-refractivity contribution is 0.0938. The second-order valence-electron chi connectivity index (χ2n) is 7.90. The second-order valence-corrected chi connectivity index (χ2v) is 7.90. The van der Waals surface area contributed by atoms with E-state index >= 15 is 0 Å². The molecule has 0 radical (unpaired) electrons. The van der Waals surface area contributed by atoms with Gasteiger partial charge in [-0.2, -0.15) is 0 Å². The van der Waals surface area contributed by atoms with E-state index in [0.717, 1.165) is 18.4 Å². The molecule has 0 bridgehead atoms. The molecule has 4 rings (SSSR count). The Kier molecular flexibility index (Phi) is 5.45. The number of benzene rings is 2. The molecule has 1 amide bonds. The van der Waals surface area contributed by atoms with Gasteiger partial charge in [0.15, 0.2) is 0 Å². The fourth-order valence-electron chi connectivity index (χ4n) is 3.84. The zero-order valence-electron chi connectivity index (χ0n) is 15.9. The average molecular weight is 376 g/mol. The van der Waals surface area contributed by atoms with E-state index in [4.69, 9.17) is 0 Å². The summed E-state index contributed by atoms with van der Waals surface area (Å²) in [4.78, 5) is 12.6. The number of carbonyl (C=O) groups excluding carboxylic acids is 1. The van der Waals surface area contributed by atoms with Crippen LogP contribution in [0, 0.1) is 17.7 Å². The fourth-order valence-corrected chi connectivity index (χ4v) is 3.84. The highest BCUT2D eigenvalue weighted by Gasteiger charge is 2.38. The molecule has 2 aromatic carbocycles. The number of nitrogens with one attached hydrogen (secondary N) is 2. The number of rotatable bonds is 5. The summed E-state index contributed by atoms with van der Waals surface area (Å²) in [5, 5.41) is 6.87. The van der Waals surface area contributed by atoms with Gasteiger partial charge in [-0.3, -0.25) is 4.79 Å². The average Bonchev–Trinajstić information content (AvgIpc) is 3.41. The van der Waals surface area contributed by atoms with Gasteiger partial charge < -0.3 is 10.6 Å². The summed E-state index contributed by atoms with van der Waals surface area (Å²) >= 11 is 0. The maximum absolute atomic E-state index is 13.6. The molecule has 28 heavy (non-hydrogen) atoms. The maximum Gasteiger partial charge on any atom is 0.251 e. The summed E-state index contributed by atoms with van der Waals surface area (Å²) in [5.74, 6) is 5.40. The summed E-state index contributed by atoms with van der Waals surface area (Å²) in [6.45, 7) is 0.678. The van der Waals surface area contributed by atoms with Crippen LogP contribution in [0.15, 0.2) is 48.5 Å². The third kappa shape index (κ3) is 4.61. The lowest BCUT2D eigenvalue weighted by atomic mass is 9.97. The van der Waals surface area contributed by atoms with Crippen molar-refractivity contribution < 1.29 is 9.18 Å². The molecule has 2 aromatic rings. The van der Waals surface area contributed by atoms with Crippen molar-refractivity contribution in [3.8, 4) is 11.8 Å². The highest BCUT2D eigenvalue weighted by atomic mass is 19.1. The summed E-state index contributed by atoms with van der Waals surface area (Å²) < 4.78 is 13.6. The van der Waals surface area contributed by atoms with E-state index in [-0.39, 0.29) is 17.3 Å². The molecule has 0 spiro atoms.